The SMILES string of the molecule is C[C@@H]1CC(=C(N)C(F)(F)F)C(=NCC(=O)N[C@@H](Cc2cc(F)cc(F)c2)c2nc(Cl)ccc2-c2ccc(Cl)c3c(NS(C)(=O)=O)nn(C)c23)C1(F)F. The van der Waals surface area contributed by atoms with Gasteiger partial charge in [0.15, 0.2) is 5.82 Å². The molecule has 4 aromatic rings. The maximum atomic E-state index is 15.0. The van der Waals surface area contributed by atoms with Gasteiger partial charge in [0, 0.05) is 35.7 Å². The summed E-state index contributed by atoms with van der Waals surface area (Å²) in [6, 6.07) is 7.12. The summed E-state index contributed by atoms with van der Waals surface area (Å²) in [5, 5.41) is 6.98. The van der Waals surface area contributed by atoms with Gasteiger partial charge in [-0.3, -0.25) is 19.2 Å². The van der Waals surface area contributed by atoms with Crippen LogP contribution in [0.15, 0.2) is 58.7 Å². The van der Waals surface area contributed by atoms with Crippen molar-refractivity contribution in [3.05, 3.63) is 86.8 Å². The smallest absolute Gasteiger partial charge is 0.394 e. The van der Waals surface area contributed by atoms with Crippen molar-refractivity contribution in [2.75, 3.05) is 17.5 Å². The van der Waals surface area contributed by atoms with E-state index in [0.717, 1.165) is 25.3 Å². The first-order chi connectivity index (χ1) is 24.1. The number of hydrogen-bond acceptors (Lipinski definition) is 7. The number of rotatable bonds is 9. The van der Waals surface area contributed by atoms with E-state index in [1.54, 1.807) is 6.07 Å². The van der Waals surface area contributed by atoms with Crippen molar-refractivity contribution >= 4 is 61.6 Å². The molecule has 0 saturated heterocycles. The van der Waals surface area contributed by atoms with E-state index in [-0.39, 0.29) is 50.1 Å². The Morgan fingerprint density at radius 2 is 1.75 bits per heavy atom. The molecule has 52 heavy (non-hydrogen) atoms. The lowest BCUT2D eigenvalue weighted by Gasteiger charge is -2.22. The number of anilines is 1. The minimum atomic E-state index is -5.14. The van der Waals surface area contributed by atoms with Crippen LogP contribution >= 0.6 is 23.2 Å². The molecule has 0 spiro atoms. The van der Waals surface area contributed by atoms with Crippen LogP contribution in [0.1, 0.15) is 30.6 Å². The molecule has 0 aliphatic heterocycles. The van der Waals surface area contributed by atoms with E-state index in [9.17, 15) is 35.2 Å². The van der Waals surface area contributed by atoms with Gasteiger partial charge in [0.05, 0.1) is 33.9 Å². The lowest BCUT2D eigenvalue weighted by atomic mass is 9.94. The predicted molar refractivity (Wildman–Crippen MR) is 182 cm³/mol. The number of benzene rings is 2. The Labute approximate surface area is 301 Å². The van der Waals surface area contributed by atoms with Crippen LogP contribution in [0.5, 0.6) is 0 Å². The average molecular weight is 795 g/mol. The number of sulfonamides is 1. The van der Waals surface area contributed by atoms with Crippen LogP contribution < -0.4 is 15.8 Å². The van der Waals surface area contributed by atoms with E-state index in [1.807, 2.05) is 0 Å². The molecule has 0 bridgehead atoms. The summed E-state index contributed by atoms with van der Waals surface area (Å²) in [6.45, 7) is -0.0768. The van der Waals surface area contributed by atoms with Crippen molar-refractivity contribution in [1.82, 2.24) is 20.1 Å². The third-order valence-corrected chi connectivity index (χ3v) is 9.26. The molecule has 2 aromatic carbocycles. The van der Waals surface area contributed by atoms with E-state index < -0.39 is 81.6 Å². The van der Waals surface area contributed by atoms with Crippen molar-refractivity contribution in [3.8, 4) is 11.1 Å². The molecule has 1 aliphatic carbocycles. The summed E-state index contributed by atoms with van der Waals surface area (Å²) in [4.78, 5) is 21.4. The molecule has 1 fully saturated rings. The number of aliphatic imine (C=N–C) groups is 1. The van der Waals surface area contributed by atoms with Crippen LogP contribution in [-0.2, 0) is 28.3 Å². The average Bonchev–Trinajstić information content (AvgIpc) is 3.45. The van der Waals surface area contributed by atoms with Gasteiger partial charge in [0.25, 0.3) is 5.92 Å². The number of nitrogens with zero attached hydrogens (tertiary/aromatic N) is 4. The molecule has 10 nitrogen and oxygen atoms in total. The molecular formula is C32H28Cl2F7N7O3S. The summed E-state index contributed by atoms with van der Waals surface area (Å²) in [5.74, 6) is -8.54. The Morgan fingerprint density at radius 3 is 2.37 bits per heavy atom. The molecule has 4 N–H and O–H groups in total. The molecule has 2 heterocycles. The quantitative estimate of drug-likeness (QED) is 0.125. The lowest BCUT2D eigenvalue weighted by Crippen LogP contribution is -2.35. The van der Waals surface area contributed by atoms with Crippen LogP contribution in [0.2, 0.25) is 10.2 Å². The summed E-state index contributed by atoms with van der Waals surface area (Å²) in [5.41, 5.74) is 2.08. The number of nitrogens with two attached hydrogens (primary N) is 1. The standard InChI is InChI=1S/C32H28Cl2F7N7O3S/c1-14-8-20(28(42)32(39,40)41)29(31(14,37)38)43-13-24(49)44-22(11-15-9-16(35)12-17(36)10-15)26-18(5-7-23(34)45-26)19-4-6-21(33)25-27(19)48(2)46-30(25)47-52(3,50)51/h4-7,9-10,12,14,22H,8,11,13,42H2,1-3H3,(H,44,49)(H,46,47)/t14-,22+/m1/s1. The number of amides is 1. The van der Waals surface area contributed by atoms with E-state index in [4.69, 9.17) is 28.9 Å². The number of carbonyl (C=O) groups excluding carboxylic acids is 1. The predicted octanol–water partition coefficient (Wildman–Crippen LogP) is 6.88. The Bertz CT molecular complexity index is 2240. The van der Waals surface area contributed by atoms with E-state index >= 15 is 8.78 Å². The van der Waals surface area contributed by atoms with Crippen molar-refractivity contribution in [2.24, 2.45) is 23.7 Å². The molecule has 0 unspecified atom stereocenters. The zero-order chi connectivity index (χ0) is 38.5. The maximum absolute atomic E-state index is 15.0. The van der Waals surface area contributed by atoms with Crippen molar-refractivity contribution in [1.29, 1.82) is 0 Å². The first-order valence-electron chi connectivity index (χ1n) is 15.1. The van der Waals surface area contributed by atoms with Gasteiger partial charge in [0.1, 0.15) is 34.7 Å². The van der Waals surface area contributed by atoms with Gasteiger partial charge in [-0.1, -0.05) is 36.2 Å². The van der Waals surface area contributed by atoms with Crippen LogP contribution in [-0.4, -0.2) is 59.7 Å². The van der Waals surface area contributed by atoms with Crippen LogP contribution in [0.3, 0.4) is 0 Å². The van der Waals surface area contributed by atoms with Crippen LogP contribution in [0.25, 0.3) is 22.0 Å². The number of nitrogens with one attached hydrogen (secondary N) is 2. The highest BCUT2D eigenvalue weighted by atomic mass is 35.5. The van der Waals surface area contributed by atoms with Gasteiger partial charge < -0.3 is 11.1 Å². The lowest BCUT2D eigenvalue weighted by molar-refractivity contribution is -0.120. The fourth-order valence-corrected chi connectivity index (χ4v) is 6.82. The van der Waals surface area contributed by atoms with Gasteiger partial charge >= 0.3 is 6.18 Å². The Morgan fingerprint density at radius 1 is 1.12 bits per heavy atom. The minimum Gasteiger partial charge on any atom is -0.394 e. The number of alkyl halides is 5. The highest BCUT2D eigenvalue weighted by molar-refractivity contribution is 7.92. The number of pyridine rings is 1. The Balaban J connectivity index is 1.63. The fourth-order valence-electron chi connectivity index (χ4n) is 5.93. The molecule has 1 saturated carbocycles. The normalized spacial score (nSPS) is 18.5. The monoisotopic (exact) mass is 793 g/mol. The number of carbonyl (C=O) groups is 1. The third kappa shape index (κ3) is 8.13. The number of hydrogen-bond donors (Lipinski definition) is 3. The number of aromatic nitrogens is 3. The highest BCUT2D eigenvalue weighted by Gasteiger charge is 2.53. The second-order valence-electron chi connectivity index (χ2n) is 12.1. The Hall–Kier alpha value is -4.42. The summed E-state index contributed by atoms with van der Waals surface area (Å²) >= 11 is 12.8. The maximum Gasteiger partial charge on any atom is 0.431 e. The third-order valence-electron chi connectivity index (χ3n) is 8.17. The summed E-state index contributed by atoms with van der Waals surface area (Å²) in [7, 11) is -2.32. The number of aryl methyl sites for hydroxylation is 1. The van der Waals surface area contributed by atoms with Gasteiger partial charge in [-0.2, -0.15) is 27.1 Å². The Kier molecular flexibility index (Phi) is 10.6. The second-order valence-corrected chi connectivity index (χ2v) is 14.7. The minimum absolute atomic E-state index is 0.0117. The highest BCUT2D eigenvalue weighted by Crippen LogP contribution is 2.44. The molecule has 5 rings (SSSR count). The molecular weight excluding hydrogens is 766 g/mol. The van der Waals surface area contributed by atoms with Crippen molar-refractivity contribution in [3.63, 3.8) is 0 Å². The van der Waals surface area contributed by atoms with Crippen molar-refractivity contribution < 1.29 is 43.9 Å². The first-order valence-corrected chi connectivity index (χ1v) is 17.7. The largest absolute Gasteiger partial charge is 0.431 e. The zero-order valence-corrected chi connectivity index (χ0v) is 29.5. The van der Waals surface area contributed by atoms with Crippen LogP contribution in [0, 0.1) is 17.6 Å². The summed E-state index contributed by atoms with van der Waals surface area (Å²) in [6.07, 6.45) is -5.33. The molecule has 2 aromatic heterocycles. The fraction of sp³-hybridized carbons (Fsp3) is 0.312. The summed E-state index contributed by atoms with van der Waals surface area (Å²) < 4.78 is 127. The number of fused-ring (bicyclic) bond motifs is 1. The van der Waals surface area contributed by atoms with Gasteiger partial charge in [-0.25, -0.2) is 22.2 Å². The van der Waals surface area contributed by atoms with Crippen molar-refractivity contribution in [2.45, 2.75) is 37.9 Å². The molecule has 2 atom stereocenters. The van der Waals surface area contributed by atoms with Gasteiger partial charge in [-0.05, 0) is 48.7 Å². The second kappa shape index (κ2) is 14.2. The van der Waals surface area contributed by atoms with E-state index in [0.29, 0.717) is 11.6 Å². The number of allylic oxidation sites excluding steroid dienone is 2. The van der Waals surface area contributed by atoms with E-state index in [1.165, 1.54) is 29.9 Å². The molecule has 278 valence electrons. The van der Waals surface area contributed by atoms with Gasteiger partial charge in [0.2, 0.25) is 15.9 Å². The first kappa shape index (κ1) is 38.8. The zero-order valence-electron chi connectivity index (χ0n) is 27.2. The topological polar surface area (TPSA) is 144 Å². The molecule has 0 radical (unpaired) electrons. The molecule has 1 aliphatic rings. The molecule has 1 amide bonds. The number of halogens is 9. The van der Waals surface area contributed by atoms with E-state index in [2.05, 4.69) is 25.1 Å². The van der Waals surface area contributed by atoms with Crippen LogP contribution in [0.4, 0.5) is 36.6 Å². The molecule has 20 heteroatoms. The van der Waals surface area contributed by atoms with Gasteiger partial charge in [-0.15, -0.1) is 0 Å².